The summed E-state index contributed by atoms with van der Waals surface area (Å²) in [6.45, 7) is 10.8. The van der Waals surface area contributed by atoms with Crippen LogP contribution in [0, 0.1) is 20.8 Å². The normalized spacial score (nSPS) is 15.2. The minimum Gasteiger partial charge on any atom is -0.369 e. The molecule has 0 amide bonds. The molecular weight excluding hydrogens is 431 g/mol. The van der Waals surface area contributed by atoms with Crippen molar-refractivity contribution in [3.05, 3.63) is 69.2 Å². The van der Waals surface area contributed by atoms with Crippen molar-refractivity contribution in [2.75, 3.05) is 37.6 Å². The van der Waals surface area contributed by atoms with Gasteiger partial charge in [0.05, 0.1) is 11.9 Å². The molecule has 0 radical (unpaired) electrons. The quantitative estimate of drug-likeness (QED) is 0.555. The second kappa shape index (κ2) is 9.39. The summed E-state index contributed by atoms with van der Waals surface area (Å²) in [5.74, 6) is 0.617. The first kappa shape index (κ1) is 21.8. The van der Waals surface area contributed by atoms with Gasteiger partial charge in [-0.15, -0.1) is 0 Å². The molecule has 3 heterocycles. The molecule has 1 aliphatic rings. The van der Waals surface area contributed by atoms with Crippen LogP contribution >= 0.6 is 23.2 Å². The molecule has 0 atom stereocenters. The van der Waals surface area contributed by atoms with Crippen molar-refractivity contribution in [2.24, 2.45) is 0 Å². The van der Waals surface area contributed by atoms with Gasteiger partial charge in [-0.05, 0) is 45.0 Å². The van der Waals surface area contributed by atoms with Gasteiger partial charge in [0.25, 0.3) is 5.95 Å². The number of benzene rings is 1. The lowest BCUT2D eigenvalue weighted by Gasteiger charge is -2.35. The molecule has 0 N–H and O–H groups in total. The maximum atomic E-state index is 6.15. The monoisotopic (exact) mass is 456 g/mol. The molecule has 2 aromatic heterocycles. The Morgan fingerprint density at radius 1 is 0.903 bits per heavy atom. The summed E-state index contributed by atoms with van der Waals surface area (Å²) in [5.41, 5.74) is 5.07. The van der Waals surface area contributed by atoms with E-state index in [-0.39, 0.29) is 0 Å². The summed E-state index contributed by atoms with van der Waals surface area (Å²) in [4.78, 5) is 13.8. The highest BCUT2D eigenvalue weighted by atomic mass is 35.5. The highest BCUT2D eigenvalue weighted by molar-refractivity contribution is 6.35. The smallest absolute Gasteiger partial charge is 0.251 e. The Morgan fingerprint density at radius 2 is 1.55 bits per heavy atom. The van der Waals surface area contributed by atoms with E-state index in [4.69, 9.17) is 23.2 Å². The van der Waals surface area contributed by atoms with E-state index in [1.807, 2.05) is 45.2 Å². The summed E-state index contributed by atoms with van der Waals surface area (Å²) in [5, 5.41) is 5.84. The topological polar surface area (TPSA) is 50.1 Å². The molecule has 0 bridgehead atoms. The van der Waals surface area contributed by atoms with Gasteiger partial charge in [-0.25, -0.2) is 14.6 Å². The molecule has 0 spiro atoms. The number of aromatic nitrogens is 4. The number of piperazine rings is 1. The Labute approximate surface area is 193 Å². The molecule has 1 aliphatic heterocycles. The van der Waals surface area contributed by atoms with Crippen molar-refractivity contribution < 1.29 is 0 Å². The van der Waals surface area contributed by atoms with E-state index in [2.05, 4.69) is 37.0 Å². The SMILES string of the molecule is Cc1cc(C)nc(-n2ncc(C=CCN3CCN(c4cc(Cl)cc(Cl)c4)CC3)c2C)n1. The summed E-state index contributed by atoms with van der Waals surface area (Å²) in [7, 11) is 0. The largest absolute Gasteiger partial charge is 0.369 e. The third-order valence-corrected chi connectivity index (χ3v) is 5.89. The highest BCUT2D eigenvalue weighted by Gasteiger charge is 2.17. The summed E-state index contributed by atoms with van der Waals surface area (Å²) < 4.78 is 1.80. The zero-order chi connectivity index (χ0) is 22.0. The van der Waals surface area contributed by atoms with Crippen LogP contribution in [0.3, 0.4) is 0 Å². The van der Waals surface area contributed by atoms with Gasteiger partial charge in [0.2, 0.25) is 0 Å². The Kier molecular flexibility index (Phi) is 6.60. The molecule has 162 valence electrons. The van der Waals surface area contributed by atoms with Gasteiger partial charge < -0.3 is 4.90 Å². The number of rotatable bonds is 5. The van der Waals surface area contributed by atoms with Crippen LogP contribution in [0.25, 0.3) is 12.0 Å². The Morgan fingerprint density at radius 3 is 2.19 bits per heavy atom. The van der Waals surface area contributed by atoms with E-state index < -0.39 is 0 Å². The molecule has 1 saturated heterocycles. The average molecular weight is 457 g/mol. The average Bonchev–Trinajstić information content (AvgIpc) is 3.07. The van der Waals surface area contributed by atoms with Crippen LogP contribution in [0.15, 0.2) is 36.5 Å². The maximum Gasteiger partial charge on any atom is 0.251 e. The number of nitrogens with zero attached hydrogens (tertiary/aromatic N) is 6. The van der Waals surface area contributed by atoms with E-state index in [1.54, 1.807) is 10.7 Å². The lowest BCUT2D eigenvalue weighted by Crippen LogP contribution is -2.46. The first-order valence-electron chi connectivity index (χ1n) is 10.4. The Balaban J connectivity index is 1.35. The fourth-order valence-corrected chi connectivity index (χ4v) is 4.34. The van der Waals surface area contributed by atoms with E-state index in [0.29, 0.717) is 16.0 Å². The fraction of sp³-hybridized carbons (Fsp3) is 0.348. The van der Waals surface area contributed by atoms with Crippen LogP contribution in [0.1, 0.15) is 22.6 Å². The van der Waals surface area contributed by atoms with Gasteiger partial charge >= 0.3 is 0 Å². The van der Waals surface area contributed by atoms with Crippen molar-refractivity contribution >= 4 is 35.0 Å². The lowest BCUT2D eigenvalue weighted by atomic mass is 10.2. The number of aryl methyl sites for hydroxylation is 2. The molecule has 6 nitrogen and oxygen atoms in total. The minimum atomic E-state index is 0.617. The number of halogens is 2. The molecule has 4 rings (SSSR count). The Bertz CT molecular complexity index is 1060. The lowest BCUT2D eigenvalue weighted by molar-refractivity contribution is 0.284. The van der Waals surface area contributed by atoms with Crippen LogP contribution in [0.2, 0.25) is 10.0 Å². The zero-order valence-corrected chi connectivity index (χ0v) is 19.5. The van der Waals surface area contributed by atoms with Gasteiger partial charge in [0.15, 0.2) is 0 Å². The molecule has 8 heteroatoms. The fourth-order valence-electron chi connectivity index (χ4n) is 3.83. The first-order valence-corrected chi connectivity index (χ1v) is 11.1. The van der Waals surface area contributed by atoms with Crippen LogP contribution < -0.4 is 4.90 Å². The second-order valence-corrected chi connectivity index (χ2v) is 8.74. The molecule has 1 fully saturated rings. The van der Waals surface area contributed by atoms with E-state index in [9.17, 15) is 0 Å². The van der Waals surface area contributed by atoms with Crippen LogP contribution in [-0.2, 0) is 0 Å². The first-order chi connectivity index (χ1) is 14.9. The van der Waals surface area contributed by atoms with Gasteiger partial charge in [0.1, 0.15) is 0 Å². The van der Waals surface area contributed by atoms with Gasteiger partial charge in [-0.2, -0.15) is 5.10 Å². The molecular formula is C23H26Cl2N6. The molecule has 0 aliphatic carbocycles. The van der Waals surface area contributed by atoms with Crippen LogP contribution in [0.4, 0.5) is 5.69 Å². The van der Waals surface area contributed by atoms with Crippen molar-refractivity contribution in [3.8, 4) is 5.95 Å². The minimum absolute atomic E-state index is 0.617. The summed E-state index contributed by atoms with van der Waals surface area (Å²) >= 11 is 12.3. The third kappa shape index (κ3) is 5.26. The van der Waals surface area contributed by atoms with Crippen molar-refractivity contribution in [2.45, 2.75) is 20.8 Å². The highest BCUT2D eigenvalue weighted by Crippen LogP contribution is 2.26. The van der Waals surface area contributed by atoms with Gasteiger partial charge in [-0.1, -0.05) is 35.4 Å². The number of hydrogen-bond acceptors (Lipinski definition) is 5. The van der Waals surface area contributed by atoms with Crippen molar-refractivity contribution in [3.63, 3.8) is 0 Å². The van der Waals surface area contributed by atoms with E-state index in [0.717, 1.165) is 61.1 Å². The van der Waals surface area contributed by atoms with E-state index >= 15 is 0 Å². The van der Waals surface area contributed by atoms with Gasteiger partial charge in [-0.3, -0.25) is 4.90 Å². The maximum absolute atomic E-state index is 6.15. The summed E-state index contributed by atoms with van der Waals surface area (Å²) in [6.07, 6.45) is 6.20. The molecule has 1 aromatic carbocycles. The number of anilines is 1. The number of hydrogen-bond donors (Lipinski definition) is 0. The summed E-state index contributed by atoms with van der Waals surface area (Å²) in [6, 6.07) is 7.68. The predicted molar refractivity (Wildman–Crippen MR) is 128 cm³/mol. The molecule has 31 heavy (non-hydrogen) atoms. The van der Waals surface area contributed by atoms with E-state index in [1.165, 1.54) is 0 Å². The predicted octanol–water partition coefficient (Wildman–Crippen LogP) is 4.73. The van der Waals surface area contributed by atoms with Crippen LogP contribution in [-0.4, -0.2) is 57.4 Å². The van der Waals surface area contributed by atoms with Gasteiger partial charge in [0, 0.05) is 65.4 Å². The van der Waals surface area contributed by atoms with Crippen molar-refractivity contribution in [1.82, 2.24) is 24.6 Å². The second-order valence-electron chi connectivity index (χ2n) is 7.87. The van der Waals surface area contributed by atoms with Crippen molar-refractivity contribution in [1.29, 1.82) is 0 Å². The molecule has 0 unspecified atom stereocenters. The Hall–Kier alpha value is -2.41. The molecule has 3 aromatic rings. The molecule has 0 saturated carbocycles. The standard InChI is InChI=1S/C23H26Cl2N6/c1-16-11-17(2)28-23(27-16)31-18(3)19(15-26-31)5-4-6-29-7-9-30(10-8-29)22-13-20(24)12-21(25)14-22/h4-5,11-15H,6-10H2,1-3H3. The third-order valence-electron chi connectivity index (χ3n) is 5.45. The zero-order valence-electron chi connectivity index (χ0n) is 18.0. The van der Waals surface area contributed by atoms with Crippen LogP contribution in [0.5, 0.6) is 0 Å².